The van der Waals surface area contributed by atoms with E-state index in [-0.39, 0.29) is 22.2 Å². The Morgan fingerprint density at radius 2 is 2.17 bits per heavy atom. The van der Waals surface area contributed by atoms with Crippen molar-refractivity contribution in [3.63, 3.8) is 0 Å². The topological polar surface area (TPSA) is 62.2 Å². The first kappa shape index (κ1) is 12.9. The predicted octanol–water partition coefficient (Wildman–Crippen LogP) is 3.37. The van der Waals surface area contributed by atoms with Crippen molar-refractivity contribution in [1.29, 1.82) is 0 Å². The number of hydrogen-bond donors (Lipinski definition) is 2. The summed E-state index contributed by atoms with van der Waals surface area (Å²) in [6.45, 7) is 3.81. The van der Waals surface area contributed by atoms with Crippen molar-refractivity contribution in [2.24, 2.45) is 0 Å². The lowest BCUT2D eigenvalue weighted by Gasteiger charge is -2.04. The molecule has 1 amide bonds. The van der Waals surface area contributed by atoms with E-state index >= 15 is 0 Å². The van der Waals surface area contributed by atoms with Crippen LogP contribution in [0.2, 0.25) is 5.02 Å². The number of thiazole rings is 1. The average molecular weight is 283 g/mol. The average Bonchev–Trinajstić information content (AvgIpc) is 2.61. The standard InChI is InChI=1S/C12H11ClN2O2S/c1-6-7(2)18-12(14-6)15-11(17)9-5-8(16)3-4-10(9)13/h3-5,16H,1-2H3,(H,14,15,17). The molecule has 0 aliphatic rings. The van der Waals surface area contributed by atoms with E-state index in [1.54, 1.807) is 0 Å². The molecule has 18 heavy (non-hydrogen) atoms. The van der Waals surface area contributed by atoms with E-state index in [4.69, 9.17) is 11.6 Å². The number of nitrogens with one attached hydrogen (secondary N) is 1. The van der Waals surface area contributed by atoms with Crippen molar-refractivity contribution >= 4 is 34.0 Å². The summed E-state index contributed by atoms with van der Waals surface area (Å²) < 4.78 is 0. The zero-order valence-electron chi connectivity index (χ0n) is 9.82. The Bertz CT molecular complexity index is 591. The van der Waals surface area contributed by atoms with Gasteiger partial charge in [0.15, 0.2) is 5.13 Å². The highest BCUT2D eigenvalue weighted by molar-refractivity contribution is 7.15. The number of aryl methyl sites for hydroxylation is 2. The van der Waals surface area contributed by atoms with Crippen molar-refractivity contribution in [3.8, 4) is 5.75 Å². The van der Waals surface area contributed by atoms with Gasteiger partial charge in [-0.3, -0.25) is 10.1 Å². The summed E-state index contributed by atoms with van der Waals surface area (Å²) in [5, 5.41) is 12.8. The maximum absolute atomic E-state index is 12.0. The fourth-order valence-electron chi connectivity index (χ4n) is 1.38. The third-order valence-electron chi connectivity index (χ3n) is 2.44. The zero-order valence-corrected chi connectivity index (χ0v) is 11.4. The van der Waals surface area contributed by atoms with Gasteiger partial charge in [0.1, 0.15) is 5.75 Å². The number of rotatable bonds is 2. The third kappa shape index (κ3) is 2.63. The van der Waals surface area contributed by atoms with Gasteiger partial charge in [-0.1, -0.05) is 11.6 Å². The van der Waals surface area contributed by atoms with Crippen LogP contribution in [0.1, 0.15) is 20.9 Å². The number of nitrogens with zero attached hydrogens (tertiary/aromatic N) is 1. The molecule has 0 bridgehead atoms. The van der Waals surface area contributed by atoms with Crippen molar-refractivity contribution in [3.05, 3.63) is 39.4 Å². The summed E-state index contributed by atoms with van der Waals surface area (Å²) in [4.78, 5) is 17.2. The molecule has 1 heterocycles. The molecule has 0 fully saturated rings. The van der Waals surface area contributed by atoms with Gasteiger partial charge in [0, 0.05) is 4.88 Å². The molecule has 0 atom stereocenters. The van der Waals surface area contributed by atoms with Gasteiger partial charge in [-0.05, 0) is 32.0 Å². The van der Waals surface area contributed by atoms with E-state index in [1.807, 2.05) is 13.8 Å². The number of benzene rings is 1. The SMILES string of the molecule is Cc1nc(NC(=O)c2cc(O)ccc2Cl)sc1C. The molecule has 0 unspecified atom stereocenters. The molecular weight excluding hydrogens is 272 g/mol. The van der Waals surface area contributed by atoms with Crippen molar-refractivity contribution in [1.82, 2.24) is 4.98 Å². The molecule has 4 nitrogen and oxygen atoms in total. The number of aromatic hydroxyl groups is 1. The number of phenols is 1. The normalized spacial score (nSPS) is 10.4. The highest BCUT2D eigenvalue weighted by Crippen LogP contribution is 2.25. The smallest absolute Gasteiger partial charge is 0.259 e. The number of carbonyl (C=O) groups excluding carboxylic acids is 1. The molecule has 0 saturated carbocycles. The maximum atomic E-state index is 12.0. The first-order valence-corrected chi connectivity index (χ1v) is 6.40. The number of amides is 1. The summed E-state index contributed by atoms with van der Waals surface area (Å²) in [6, 6.07) is 4.23. The summed E-state index contributed by atoms with van der Waals surface area (Å²) in [7, 11) is 0. The second kappa shape index (κ2) is 4.96. The summed E-state index contributed by atoms with van der Waals surface area (Å²) in [6.07, 6.45) is 0. The number of aromatic nitrogens is 1. The minimum Gasteiger partial charge on any atom is -0.508 e. The lowest BCUT2D eigenvalue weighted by atomic mass is 10.2. The van der Waals surface area contributed by atoms with Gasteiger partial charge >= 0.3 is 0 Å². The second-order valence-electron chi connectivity index (χ2n) is 3.78. The quantitative estimate of drug-likeness (QED) is 0.888. The molecule has 0 saturated heterocycles. The molecule has 0 aliphatic heterocycles. The Hall–Kier alpha value is -1.59. The number of anilines is 1. The molecule has 1 aromatic heterocycles. The van der Waals surface area contributed by atoms with Gasteiger partial charge in [0.25, 0.3) is 5.91 Å². The van der Waals surface area contributed by atoms with Crippen molar-refractivity contribution < 1.29 is 9.90 Å². The minimum atomic E-state index is -0.385. The van der Waals surface area contributed by atoms with Gasteiger partial charge in [0.2, 0.25) is 0 Å². The van der Waals surface area contributed by atoms with E-state index in [0.29, 0.717) is 5.13 Å². The number of carbonyl (C=O) groups is 1. The molecule has 94 valence electrons. The van der Waals surface area contributed by atoms with Crippen LogP contribution in [0.3, 0.4) is 0 Å². The van der Waals surface area contributed by atoms with Gasteiger partial charge in [0.05, 0.1) is 16.3 Å². The molecule has 2 N–H and O–H groups in total. The number of halogens is 1. The predicted molar refractivity (Wildman–Crippen MR) is 72.7 cm³/mol. The van der Waals surface area contributed by atoms with Crippen LogP contribution in [-0.2, 0) is 0 Å². The van der Waals surface area contributed by atoms with Crippen LogP contribution in [0.4, 0.5) is 5.13 Å². The Morgan fingerprint density at radius 1 is 1.44 bits per heavy atom. The highest BCUT2D eigenvalue weighted by atomic mass is 35.5. The van der Waals surface area contributed by atoms with Crippen LogP contribution in [-0.4, -0.2) is 16.0 Å². The fraction of sp³-hybridized carbons (Fsp3) is 0.167. The van der Waals surface area contributed by atoms with Gasteiger partial charge < -0.3 is 5.11 Å². The van der Waals surface area contributed by atoms with Gasteiger partial charge in [-0.2, -0.15) is 0 Å². The van der Waals surface area contributed by atoms with Gasteiger partial charge in [-0.15, -0.1) is 11.3 Å². The molecule has 0 aliphatic carbocycles. The van der Waals surface area contributed by atoms with E-state index in [1.165, 1.54) is 29.5 Å². The molecule has 0 radical (unpaired) electrons. The van der Waals surface area contributed by atoms with E-state index in [2.05, 4.69) is 10.3 Å². The van der Waals surface area contributed by atoms with E-state index in [0.717, 1.165) is 10.6 Å². The third-order valence-corrected chi connectivity index (χ3v) is 3.76. The molecule has 6 heteroatoms. The summed E-state index contributed by atoms with van der Waals surface area (Å²) in [5.74, 6) is -0.388. The molecule has 2 rings (SSSR count). The van der Waals surface area contributed by atoms with Gasteiger partial charge in [-0.25, -0.2) is 4.98 Å². The van der Waals surface area contributed by atoms with Crippen LogP contribution in [0, 0.1) is 13.8 Å². The Labute approximate surface area is 113 Å². The molecule has 1 aromatic carbocycles. The van der Waals surface area contributed by atoms with Crippen LogP contribution in [0.15, 0.2) is 18.2 Å². The Morgan fingerprint density at radius 3 is 2.78 bits per heavy atom. The largest absolute Gasteiger partial charge is 0.508 e. The number of phenolic OH excluding ortho intramolecular Hbond substituents is 1. The minimum absolute atomic E-state index is 0.00366. The monoisotopic (exact) mass is 282 g/mol. The summed E-state index contributed by atoms with van der Waals surface area (Å²) in [5.41, 5.74) is 1.11. The van der Waals surface area contributed by atoms with E-state index < -0.39 is 0 Å². The fourth-order valence-corrected chi connectivity index (χ4v) is 2.39. The first-order valence-electron chi connectivity index (χ1n) is 5.21. The Kier molecular flexibility index (Phi) is 3.54. The second-order valence-corrected chi connectivity index (χ2v) is 5.39. The van der Waals surface area contributed by atoms with Crippen molar-refractivity contribution in [2.45, 2.75) is 13.8 Å². The zero-order chi connectivity index (χ0) is 13.3. The lowest BCUT2D eigenvalue weighted by Crippen LogP contribution is -2.12. The number of hydrogen-bond acceptors (Lipinski definition) is 4. The van der Waals surface area contributed by atoms with Crippen LogP contribution < -0.4 is 5.32 Å². The molecular formula is C12H11ClN2O2S. The van der Waals surface area contributed by atoms with E-state index in [9.17, 15) is 9.90 Å². The highest BCUT2D eigenvalue weighted by Gasteiger charge is 2.13. The first-order chi connectivity index (χ1) is 8.47. The molecule has 2 aromatic rings. The van der Waals surface area contributed by atoms with Crippen LogP contribution in [0.25, 0.3) is 0 Å². The van der Waals surface area contributed by atoms with Crippen molar-refractivity contribution in [2.75, 3.05) is 5.32 Å². The van der Waals surface area contributed by atoms with Crippen LogP contribution in [0.5, 0.6) is 5.75 Å². The van der Waals surface area contributed by atoms with Crippen LogP contribution >= 0.6 is 22.9 Å². The lowest BCUT2D eigenvalue weighted by molar-refractivity contribution is 0.102. The maximum Gasteiger partial charge on any atom is 0.259 e. The molecule has 0 spiro atoms. The Balaban J connectivity index is 2.24. The summed E-state index contributed by atoms with van der Waals surface area (Å²) >= 11 is 7.30.